The Morgan fingerprint density at radius 2 is 1.73 bits per heavy atom. The van der Waals surface area contributed by atoms with Gasteiger partial charge in [0.2, 0.25) is 11.8 Å². The number of rotatable bonds is 9. The molecule has 2 aromatic carbocycles. The third-order valence-electron chi connectivity index (χ3n) is 6.34. The predicted molar refractivity (Wildman–Crippen MR) is 138 cm³/mol. The number of piperazine rings is 1. The monoisotopic (exact) mass is 467 g/mol. The third kappa shape index (κ3) is 7.00. The highest BCUT2D eigenvalue weighted by molar-refractivity contribution is 7.99. The molecular formula is C27H37N3O2S. The molecule has 1 unspecified atom stereocenters. The van der Waals surface area contributed by atoms with E-state index < -0.39 is 6.04 Å². The van der Waals surface area contributed by atoms with Crippen LogP contribution < -0.4 is 10.2 Å². The molecule has 0 aromatic heterocycles. The summed E-state index contributed by atoms with van der Waals surface area (Å²) in [4.78, 5) is 30.5. The van der Waals surface area contributed by atoms with Gasteiger partial charge < -0.3 is 15.1 Å². The van der Waals surface area contributed by atoms with Crippen molar-refractivity contribution in [3.63, 3.8) is 0 Å². The third-order valence-corrected chi connectivity index (χ3v) is 7.45. The summed E-state index contributed by atoms with van der Waals surface area (Å²) in [6, 6.07) is 14.4. The van der Waals surface area contributed by atoms with Crippen LogP contribution in [-0.2, 0) is 16.0 Å². The summed E-state index contributed by atoms with van der Waals surface area (Å²) < 4.78 is 0. The Morgan fingerprint density at radius 1 is 1.03 bits per heavy atom. The van der Waals surface area contributed by atoms with Crippen molar-refractivity contribution in [2.45, 2.75) is 57.9 Å². The van der Waals surface area contributed by atoms with E-state index in [1.165, 1.54) is 42.1 Å². The number of carbonyl (C=O) groups is 2. The van der Waals surface area contributed by atoms with E-state index in [-0.39, 0.29) is 11.8 Å². The number of benzene rings is 2. The molecule has 6 heteroatoms. The fourth-order valence-corrected chi connectivity index (χ4v) is 5.11. The van der Waals surface area contributed by atoms with Gasteiger partial charge in [0.25, 0.3) is 0 Å². The quantitative estimate of drug-likeness (QED) is 0.548. The maximum Gasteiger partial charge on any atom is 0.246 e. The first-order valence-electron chi connectivity index (χ1n) is 12.0. The van der Waals surface area contributed by atoms with Crippen molar-refractivity contribution in [1.29, 1.82) is 0 Å². The summed E-state index contributed by atoms with van der Waals surface area (Å²) in [6.45, 7) is 10.9. The molecule has 1 heterocycles. The zero-order valence-corrected chi connectivity index (χ0v) is 21.2. The van der Waals surface area contributed by atoms with E-state index >= 15 is 0 Å². The van der Waals surface area contributed by atoms with E-state index in [2.05, 4.69) is 73.5 Å². The maximum absolute atomic E-state index is 13.3. The highest BCUT2D eigenvalue weighted by Crippen LogP contribution is 2.25. The summed E-state index contributed by atoms with van der Waals surface area (Å²) in [5, 5.41) is 2.88. The summed E-state index contributed by atoms with van der Waals surface area (Å²) in [5.41, 5.74) is 5.17. The van der Waals surface area contributed by atoms with Gasteiger partial charge in [-0.15, -0.1) is 11.8 Å². The lowest BCUT2D eigenvalue weighted by Gasteiger charge is -2.38. The zero-order chi connectivity index (χ0) is 23.8. The Morgan fingerprint density at radius 3 is 2.36 bits per heavy atom. The minimum absolute atomic E-state index is 0.0119. The average Bonchev–Trinajstić information content (AvgIpc) is 2.82. The van der Waals surface area contributed by atoms with E-state index in [1.807, 2.05) is 4.90 Å². The van der Waals surface area contributed by atoms with Gasteiger partial charge in [0.05, 0.1) is 0 Å². The van der Waals surface area contributed by atoms with Crippen molar-refractivity contribution in [3.05, 3.63) is 59.2 Å². The first-order chi connectivity index (χ1) is 15.9. The minimum atomic E-state index is -0.514. The average molecular weight is 468 g/mol. The molecule has 0 radical (unpaired) electrons. The molecule has 2 aromatic rings. The van der Waals surface area contributed by atoms with Crippen molar-refractivity contribution < 1.29 is 9.59 Å². The van der Waals surface area contributed by atoms with Crippen LogP contribution in [0.2, 0.25) is 0 Å². The molecule has 1 atom stereocenters. The van der Waals surface area contributed by atoms with Gasteiger partial charge in [-0.1, -0.05) is 37.6 Å². The van der Waals surface area contributed by atoms with Crippen molar-refractivity contribution in [1.82, 2.24) is 10.2 Å². The van der Waals surface area contributed by atoms with Gasteiger partial charge in [0.15, 0.2) is 0 Å². The number of carbonyl (C=O) groups excluding carboxylic acids is 2. The Bertz CT molecular complexity index is 937. The number of thioether (sulfide) groups is 1. The number of nitrogens with one attached hydrogen (secondary N) is 1. The fourth-order valence-electron chi connectivity index (χ4n) is 4.20. The lowest BCUT2D eigenvalue weighted by atomic mass is 10.1. The van der Waals surface area contributed by atoms with Gasteiger partial charge in [-0.25, -0.2) is 0 Å². The van der Waals surface area contributed by atoms with Crippen molar-refractivity contribution >= 4 is 29.3 Å². The minimum Gasteiger partial charge on any atom is -0.368 e. The van der Waals surface area contributed by atoms with Crippen LogP contribution in [0.5, 0.6) is 0 Å². The molecule has 178 valence electrons. The number of hydrogen-bond donors (Lipinski definition) is 1. The second kappa shape index (κ2) is 12.1. The standard InChI is InChI=1S/C27H37N3O2S/c1-5-6-9-23-11-13-24(14-12-23)33-19-25(28-22(4)31)27(32)30-17-15-29(16-18-30)26-10-7-8-20(2)21(26)3/h7-8,10-14,25H,5-6,9,15-19H2,1-4H3,(H,28,31). The van der Waals surface area contributed by atoms with E-state index in [0.29, 0.717) is 18.8 Å². The second-order valence-electron chi connectivity index (χ2n) is 8.84. The van der Waals surface area contributed by atoms with Crippen LogP contribution in [0.3, 0.4) is 0 Å². The zero-order valence-electron chi connectivity index (χ0n) is 20.4. The second-order valence-corrected chi connectivity index (χ2v) is 9.94. The molecule has 3 rings (SSSR count). The van der Waals surface area contributed by atoms with Gasteiger partial charge in [-0.3, -0.25) is 9.59 Å². The van der Waals surface area contributed by atoms with Crippen molar-refractivity contribution in [2.24, 2.45) is 0 Å². The smallest absolute Gasteiger partial charge is 0.246 e. The molecule has 1 aliphatic heterocycles. The van der Waals surface area contributed by atoms with Gasteiger partial charge in [-0.2, -0.15) is 0 Å². The van der Waals surface area contributed by atoms with Crippen LogP contribution in [-0.4, -0.2) is 54.7 Å². The molecule has 1 saturated heterocycles. The van der Waals surface area contributed by atoms with Crippen LogP contribution >= 0.6 is 11.8 Å². The van der Waals surface area contributed by atoms with E-state index in [4.69, 9.17) is 0 Å². The van der Waals surface area contributed by atoms with E-state index in [9.17, 15) is 9.59 Å². The van der Waals surface area contributed by atoms with Crippen molar-refractivity contribution in [2.75, 3.05) is 36.8 Å². The number of unbranched alkanes of at least 4 members (excludes halogenated alkanes) is 1. The highest BCUT2D eigenvalue weighted by Gasteiger charge is 2.28. The number of nitrogens with zero attached hydrogens (tertiary/aromatic N) is 2. The number of hydrogen-bond acceptors (Lipinski definition) is 4. The van der Waals surface area contributed by atoms with Gasteiger partial charge in [-0.05, 0) is 61.6 Å². The van der Waals surface area contributed by atoms with Crippen LogP contribution in [0.15, 0.2) is 47.4 Å². The molecule has 1 aliphatic rings. The molecule has 1 fully saturated rings. The topological polar surface area (TPSA) is 52.7 Å². The molecule has 2 amide bonds. The lowest BCUT2D eigenvalue weighted by Crippen LogP contribution is -2.55. The van der Waals surface area contributed by atoms with Crippen LogP contribution in [0, 0.1) is 13.8 Å². The summed E-state index contributed by atoms with van der Waals surface area (Å²) >= 11 is 1.62. The Labute approximate surface area is 202 Å². The Balaban J connectivity index is 1.58. The van der Waals surface area contributed by atoms with Gasteiger partial charge in [0.1, 0.15) is 6.04 Å². The normalized spacial score (nSPS) is 14.8. The molecule has 33 heavy (non-hydrogen) atoms. The molecule has 0 spiro atoms. The largest absolute Gasteiger partial charge is 0.368 e. The first-order valence-corrected chi connectivity index (χ1v) is 13.0. The number of aryl methyl sites for hydroxylation is 2. The maximum atomic E-state index is 13.3. The molecule has 0 bridgehead atoms. The molecule has 0 aliphatic carbocycles. The van der Waals surface area contributed by atoms with Gasteiger partial charge >= 0.3 is 0 Å². The lowest BCUT2D eigenvalue weighted by molar-refractivity contribution is -0.135. The fraction of sp³-hybridized carbons (Fsp3) is 0.481. The molecule has 0 saturated carbocycles. The van der Waals surface area contributed by atoms with Crippen LogP contribution in [0.1, 0.15) is 43.4 Å². The number of anilines is 1. The molecule has 5 nitrogen and oxygen atoms in total. The Kier molecular flexibility index (Phi) is 9.24. The predicted octanol–water partition coefficient (Wildman–Crippen LogP) is 4.59. The molecule has 1 N–H and O–H groups in total. The Hall–Kier alpha value is -2.47. The van der Waals surface area contributed by atoms with E-state index in [1.54, 1.807) is 11.8 Å². The number of amides is 2. The first kappa shape index (κ1) is 25.2. The SMILES string of the molecule is CCCCc1ccc(SCC(NC(C)=O)C(=O)N2CCN(c3cccc(C)c3C)CC2)cc1. The van der Waals surface area contributed by atoms with Crippen molar-refractivity contribution in [3.8, 4) is 0 Å². The van der Waals surface area contributed by atoms with Gasteiger partial charge in [0, 0.05) is 49.4 Å². The summed E-state index contributed by atoms with van der Waals surface area (Å²) in [6.07, 6.45) is 3.49. The van der Waals surface area contributed by atoms with Crippen LogP contribution in [0.25, 0.3) is 0 Å². The summed E-state index contributed by atoms with van der Waals surface area (Å²) in [7, 11) is 0. The summed E-state index contributed by atoms with van der Waals surface area (Å²) in [5.74, 6) is 0.375. The van der Waals surface area contributed by atoms with Crippen LogP contribution in [0.4, 0.5) is 5.69 Å². The molecular weight excluding hydrogens is 430 g/mol. The highest BCUT2D eigenvalue weighted by atomic mass is 32.2. The van der Waals surface area contributed by atoms with E-state index in [0.717, 1.165) is 24.4 Å².